The van der Waals surface area contributed by atoms with Gasteiger partial charge in [0.25, 0.3) is 0 Å². The summed E-state index contributed by atoms with van der Waals surface area (Å²) in [4.78, 5) is 0. The number of nitrogens with one attached hydrogen (secondary N) is 1. The SMILES string of the molecule is CC.CC(C)C(C)(C)NCCC(C)(C)C. The van der Waals surface area contributed by atoms with E-state index >= 15 is 0 Å². The van der Waals surface area contributed by atoms with Crippen LogP contribution in [0.4, 0.5) is 0 Å². The van der Waals surface area contributed by atoms with E-state index in [2.05, 4.69) is 53.8 Å². The van der Waals surface area contributed by atoms with Gasteiger partial charge in [-0.1, -0.05) is 48.5 Å². The maximum absolute atomic E-state index is 3.61. The van der Waals surface area contributed by atoms with Gasteiger partial charge in [0.1, 0.15) is 0 Å². The van der Waals surface area contributed by atoms with Crippen molar-refractivity contribution in [3.8, 4) is 0 Å². The lowest BCUT2D eigenvalue weighted by atomic mass is 9.88. The largest absolute Gasteiger partial charge is 0.312 e. The second-order valence-corrected chi connectivity index (χ2v) is 6.11. The van der Waals surface area contributed by atoms with E-state index in [1.807, 2.05) is 13.8 Å². The Labute approximate surface area is 98.0 Å². The highest BCUT2D eigenvalue weighted by Gasteiger charge is 2.21. The summed E-state index contributed by atoms with van der Waals surface area (Å²) in [5.74, 6) is 0.687. The van der Waals surface area contributed by atoms with Crippen LogP contribution in [-0.2, 0) is 0 Å². The molecule has 0 bridgehead atoms. The first-order valence-electron chi connectivity index (χ1n) is 6.40. The molecule has 0 rings (SSSR count). The number of rotatable bonds is 4. The third-order valence-corrected chi connectivity index (χ3v) is 2.90. The molecular weight excluding hydrogens is 182 g/mol. The maximum Gasteiger partial charge on any atom is 0.0148 e. The molecule has 1 N–H and O–H groups in total. The van der Waals surface area contributed by atoms with Crippen LogP contribution in [0.2, 0.25) is 0 Å². The number of hydrogen-bond donors (Lipinski definition) is 1. The predicted octanol–water partition coefficient (Wildman–Crippen LogP) is 4.47. The fourth-order valence-corrected chi connectivity index (χ4v) is 0.964. The van der Waals surface area contributed by atoms with Crippen LogP contribution in [0.5, 0.6) is 0 Å². The van der Waals surface area contributed by atoms with Gasteiger partial charge in [0.15, 0.2) is 0 Å². The van der Waals surface area contributed by atoms with Crippen molar-refractivity contribution in [2.24, 2.45) is 11.3 Å². The lowest BCUT2D eigenvalue weighted by Gasteiger charge is -2.32. The highest BCUT2D eigenvalue weighted by Crippen LogP contribution is 2.19. The van der Waals surface area contributed by atoms with Gasteiger partial charge in [0, 0.05) is 5.54 Å². The van der Waals surface area contributed by atoms with Crippen LogP contribution < -0.4 is 5.32 Å². The van der Waals surface area contributed by atoms with Crippen molar-refractivity contribution >= 4 is 0 Å². The standard InChI is InChI=1S/C12H27N.C2H6/c1-10(2)12(6,7)13-9-8-11(3,4)5;1-2/h10,13H,8-9H2,1-7H3;1-2H3. The predicted molar refractivity (Wildman–Crippen MR) is 72.3 cm³/mol. The van der Waals surface area contributed by atoms with Gasteiger partial charge in [0.2, 0.25) is 0 Å². The molecule has 0 aromatic rings. The molecule has 0 fully saturated rings. The molecule has 0 spiro atoms. The molecule has 0 heterocycles. The van der Waals surface area contributed by atoms with E-state index in [1.54, 1.807) is 0 Å². The van der Waals surface area contributed by atoms with Crippen LogP contribution in [-0.4, -0.2) is 12.1 Å². The maximum atomic E-state index is 3.61. The van der Waals surface area contributed by atoms with Crippen molar-refractivity contribution in [1.29, 1.82) is 0 Å². The van der Waals surface area contributed by atoms with E-state index in [4.69, 9.17) is 0 Å². The second-order valence-electron chi connectivity index (χ2n) is 6.11. The fraction of sp³-hybridized carbons (Fsp3) is 1.00. The van der Waals surface area contributed by atoms with Crippen LogP contribution in [0.3, 0.4) is 0 Å². The van der Waals surface area contributed by atoms with E-state index in [0.29, 0.717) is 11.3 Å². The van der Waals surface area contributed by atoms with Gasteiger partial charge in [-0.15, -0.1) is 0 Å². The minimum absolute atomic E-state index is 0.269. The zero-order valence-electron chi connectivity index (χ0n) is 12.5. The summed E-state index contributed by atoms with van der Waals surface area (Å²) in [5, 5.41) is 3.61. The van der Waals surface area contributed by atoms with Gasteiger partial charge < -0.3 is 5.32 Å². The van der Waals surface area contributed by atoms with E-state index in [9.17, 15) is 0 Å². The zero-order valence-corrected chi connectivity index (χ0v) is 12.5. The lowest BCUT2D eigenvalue weighted by molar-refractivity contribution is 0.263. The Hall–Kier alpha value is -0.0400. The normalized spacial score (nSPS) is 12.4. The van der Waals surface area contributed by atoms with Gasteiger partial charge in [-0.2, -0.15) is 0 Å². The van der Waals surface area contributed by atoms with Crippen LogP contribution in [0.15, 0.2) is 0 Å². The molecule has 0 amide bonds. The summed E-state index contributed by atoms with van der Waals surface area (Å²) in [6, 6.07) is 0. The quantitative estimate of drug-likeness (QED) is 0.729. The van der Waals surface area contributed by atoms with E-state index in [1.165, 1.54) is 6.42 Å². The summed E-state index contributed by atoms with van der Waals surface area (Å²) in [6.07, 6.45) is 1.24. The Bertz CT molecular complexity index is 140. The monoisotopic (exact) mass is 215 g/mol. The smallest absolute Gasteiger partial charge is 0.0148 e. The third kappa shape index (κ3) is 10.2. The Kier molecular flexibility index (Phi) is 8.41. The molecule has 0 radical (unpaired) electrons. The molecule has 0 aliphatic heterocycles. The molecule has 0 aliphatic rings. The molecular formula is C14H33N. The molecule has 0 atom stereocenters. The average molecular weight is 215 g/mol. The Morgan fingerprint density at radius 2 is 1.33 bits per heavy atom. The Morgan fingerprint density at radius 3 is 1.60 bits per heavy atom. The van der Waals surface area contributed by atoms with E-state index in [0.717, 1.165) is 6.54 Å². The molecule has 0 saturated heterocycles. The van der Waals surface area contributed by atoms with E-state index < -0.39 is 0 Å². The molecule has 0 unspecified atom stereocenters. The van der Waals surface area contributed by atoms with Gasteiger partial charge in [-0.05, 0) is 38.1 Å². The highest BCUT2D eigenvalue weighted by molar-refractivity contribution is 4.81. The Balaban J connectivity index is 0. The second kappa shape index (κ2) is 7.27. The third-order valence-electron chi connectivity index (χ3n) is 2.90. The minimum atomic E-state index is 0.269. The first kappa shape index (κ1) is 17.4. The minimum Gasteiger partial charge on any atom is -0.312 e. The summed E-state index contributed by atoms with van der Waals surface area (Å²) in [6.45, 7) is 21.1. The fourth-order valence-electron chi connectivity index (χ4n) is 0.964. The van der Waals surface area contributed by atoms with Crippen LogP contribution in [0, 0.1) is 11.3 Å². The first-order valence-corrected chi connectivity index (χ1v) is 6.40. The van der Waals surface area contributed by atoms with Crippen LogP contribution >= 0.6 is 0 Å². The summed E-state index contributed by atoms with van der Waals surface area (Å²) >= 11 is 0. The van der Waals surface area contributed by atoms with Crippen molar-refractivity contribution in [3.63, 3.8) is 0 Å². The molecule has 0 aromatic carbocycles. The van der Waals surface area contributed by atoms with Crippen molar-refractivity contribution < 1.29 is 0 Å². The summed E-state index contributed by atoms with van der Waals surface area (Å²) in [7, 11) is 0. The molecule has 1 nitrogen and oxygen atoms in total. The molecule has 0 aromatic heterocycles. The van der Waals surface area contributed by atoms with Crippen molar-refractivity contribution in [2.75, 3.05) is 6.54 Å². The highest BCUT2D eigenvalue weighted by atomic mass is 15.0. The van der Waals surface area contributed by atoms with Gasteiger partial charge in [-0.3, -0.25) is 0 Å². The van der Waals surface area contributed by atoms with Gasteiger partial charge in [0.05, 0.1) is 0 Å². The summed E-state index contributed by atoms with van der Waals surface area (Å²) < 4.78 is 0. The topological polar surface area (TPSA) is 12.0 Å². The molecule has 94 valence electrons. The van der Waals surface area contributed by atoms with Gasteiger partial charge in [-0.25, -0.2) is 0 Å². The van der Waals surface area contributed by atoms with E-state index in [-0.39, 0.29) is 5.54 Å². The lowest BCUT2D eigenvalue weighted by Crippen LogP contribution is -2.45. The average Bonchev–Trinajstić information content (AvgIpc) is 2.04. The van der Waals surface area contributed by atoms with Crippen LogP contribution in [0.1, 0.15) is 68.7 Å². The number of hydrogen-bond acceptors (Lipinski definition) is 1. The zero-order chi connectivity index (χ0) is 12.7. The summed E-state index contributed by atoms with van der Waals surface area (Å²) in [5.41, 5.74) is 0.714. The van der Waals surface area contributed by atoms with Gasteiger partial charge >= 0.3 is 0 Å². The molecule has 15 heavy (non-hydrogen) atoms. The molecule has 1 heteroatoms. The first-order chi connectivity index (χ1) is 6.65. The van der Waals surface area contributed by atoms with Crippen molar-refractivity contribution in [1.82, 2.24) is 5.32 Å². The molecule has 0 aliphatic carbocycles. The van der Waals surface area contributed by atoms with Crippen molar-refractivity contribution in [2.45, 2.75) is 74.3 Å². The van der Waals surface area contributed by atoms with Crippen LogP contribution in [0.25, 0.3) is 0 Å². The Morgan fingerprint density at radius 1 is 0.933 bits per heavy atom. The molecule has 0 saturated carbocycles. The van der Waals surface area contributed by atoms with Crippen molar-refractivity contribution in [3.05, 3.63) is 0 Å².